The Morgan fingerprint density at radius 3 is 3.00 bits per heavy atom. The van der Waals surface area contributed by atoms with Gasteiger partial charge in [0.15, 0.2) is 5.84 Å². The Labute approximate surface area is 127 Å². The van der Waals surface area contributed by atoms with E-state index in [0.29, 0.717) is 23.4 Å². The monoisotopic (exact) mass is 297 g/mol. The Hall–Kier alpha value is -2.96. The van der Waals surface area contributed by atoms with Gasteiger partial charge in [0.1, 0.15) is 0 Å². The van der Waals surface area contributed by atoms with Crippen molar-refractivity contribution < 1.29 is 10.0 Å². The maximum Gasteiger partial charge on any atom is 0.256 e. The molecule has 0 aromatic carbocycles. The molecule has 1 unspecified atom stereocenters. The summed E-state index contributed by atoms with van der Waals surface area (Å²) >= 11 is 0. The van der Waals surface area contributed by atoms with Gasteiger partial charge in [-0.15, -0.1) is 0 Å². The van der Waals surface area contributed by atoms with Crippen LogP contribution in [-0.4, -0.2) is 31.8 Å². The first-order valence-corrected chi connectivity index (χ1v) is 6.79. The highest BCUT2D eigenvalue weighted by Gasteiger charge is 2.32. The van der Waals surface area contributed by atoms with Gasteiger partial charge in [-0.05, 0) is 24.6 Å². The van der Waals surface area contributed by atoms with Crippen molar-refractivity contribution >= 4 is 11.7 Å². The normalized spacial score (nSPS) is 15.8. The number of hydrogen-bond acceptors (Lipinski definition) is 5. The molecule has 0 spiro atoms. The SMILES string of the molecule is CC(c1cccnc1)N1Cc2ncc(/C(N)=N/O)cc2C1=O. The Bertz CT molecular complexity index is 745. The molecule has 7 heteroatoms. The van der Waals surface area contributed by atoms with Crippen LogP contribution in [0.3, 0.4) is 0 Å². The fourth-order valence-electron chi connectivity index (χ4n) is 2.51. The van der Waals surface area contributed by atoms with E-state index in [1.165, 1.54) is 6.20 Å². The number of oxime groups is 1. The van der Waals surface area contributed by atoms with Gasteiger partial charge in [-0.2, -0.15) is 0 Å². The molecule has 2 aromatic rings. The van der Waals surface area contributed by atoms with Crippen molar-refractivity contribution in [2.24, 2.45) is 10.9 Å². The second-order valence-electron chi connectivity index (χ2n) is 5.10. The maximum absolute atomic E-state index is 12.6. The first kappa shape index (κ1) is 14.0. The van der Waals surface area contributed by atoms with Crippen LogP contribution in [0.2, 0.25) is 0 Å². The van der Waals surface area contributed by atoms with Gasteiger partial charge in [0.25, 0.3) is 5.91 Å². The highest BCUT2D eigenvalue weighted by atomic mass is 16.4. The lowest BCUT2D eigenvalue weighted by Gasteiger charge is -2.24. The van der Waals surface area contributed by atoms with Crippen molar-refractivity contribution in [3.05, 3.63) is 59.2 Å². The summed E-state index contributed by atoms with van der Waals surface area (Å²) in [6, 6.07) is 5.27. The zero-order valence-corrected chi connectivity index (χ0v) is 12.0. The second kappa shape index (κ2) is 5.44. The molecule has 112 valence electrons. The Balaban J connectivity index is 1.91. The molecule has 0 saturated carbocycles. The number of carbonyl (C=O) groups excluding carboxylic acids is 1. The first-order chi connectivity index (χ1) is 10.6. The third-order valence-electron chi connectivity index (χ3n) is 3.82. The molecular formula is C15H15N5O2. The van der Waals surface area contributed by atoms with Gasteiger partial charge in [0, 0.05) is 24.2 Å². The lowest BCUT2D eigenvalue weighted by molar-refractivity contribution is 0.0715. The summed E-state index contributed by atoms with van der Waals surface area (Å²) < 4.78 is 0. The number of nitrogens with two attached hydrogens (primary N) is 1. The van der Waals surface area contributed by atoms with E-state index in [1.807, 2.05) is 19.1 Å². The van der Waals surface area contributed by atoms with Gasteiger partial charge in [-0.1, -0.05) is 11.2 Å². The molecule has 1 amide bonds. The van der Waals surface area contributed by atoms with E-state index >= 15 is 0 Å². The highest BCUT2D eigenvalue weighted by Crippen LogP contribution is 2.30. The average Bonchev–Trinajstić information content (AvgIpc) is 2.90. The van der Waals surface area contributed by atoms with Crippen LogP contribution >= 0.6 is 0 Å². The van der Waals surface area contributed by atoms with E-state index in [2.05, 4.69) is 15.1 Å². The quantitative estimate of drug-likeness (QED) is 0.384. The summed E-state index contributed by atoms with van der Waals surface area (Å²) in [4.78, 5) is 22.7. The molecule has 1 aliphatic heterocycles. The lowest BCUT2D eigenvalue weighted by Crippen LogP contribution is -2.27. The molecule has 0 saturated heterocycles. The molecule has 22 heavy (non-hydrogen) atoms. The molecule has 7 nitrogen and oxygen atoms in total. The second-order valence-corrected chi connectivity index (χ2v) is 5.10. The number of carbonyl (C=O) groups is 1. The van der Waals surface area contributed by atoms with Crippen LogP contribution in [-0.2, 0) is 6.54 Å². The predicted molar refractivity (Wildman–Crippen MR) is 79.3 cm³/mol. The molecule has 0 aliphatic carbocycles. The van der Waals surface area contributed by atoms with Gasteiger partial charge >= 0.3 is 0 Å². The highest BCUT2D eigenvalue weighted by molar-refractivity contribution is 6.02. The van der Waals surface area contributed by atoms with E-state index in [0.717, 1.165) is 5.56 Å². The fourth-order valence-corrected chi connectivity index (χ4v) is 2.51. The van der Waals surface area contributed by atoms with Gasteiger partial charge in [-0.25, -0.2) is 0 Å². The summed E-state index contributed by atoms with van der Waals surface area (Å²) in [5.41, 5.74) is 8.10. The van der Waals surface area contributed by atoms with Crippen molar-refractivity contribution in [1.29, 1.82) is 0 Å². The van der Waals surface area contributed by atoms with Gasteiger partial charge < -0.3 is 15.8 Å². The summed E-state index contributed by atoms with van der Waals surface area (Å²) in [6.45, 7) is 2.38. The molecule has 3 heterocycles. The molecule has 3 N–H and O–H groups in total. The molecule has 0 bridgehead atoms. The molecule has 1 aliphatic rings. The summed E-state index contributed by atoms with van der Waals surface area (Å²) in [7, 11) is 0. The summed E-state index contributed by atoms with van der Waals surface area (Å²) in [6.07, 6.45) is 4.94. The van der Waals surface area contributed by atoms with Crippen LogP contribution < -0.4 is 5.73 Å². The van der Waals surface area contributed by atoms with Crippen molar-refractivity contribution in [1.82, 2.24) is 14.9 Å². The number of rotatable bonds is 3. The van der Waals surface area contributed by atoms with Crippen LogP contribution in [0.25, 0.3) is 0 Å². The third-order valence-corrected chi connectivity index (χ3v) is 3.82. The van der Waals surface area contributed by atoms with E-state index in [4.69, 9.17) is 10.9 Å². The van der Waals surface area contributed by atoms with Crippen LogP contribution in [0.1, 0.15) is 40.1 Å². The fraction of sp³-hybridized carbons (Fsp3) is 0.200. The predicted octanol–water partition coefficient (Wildman–Crippen LogP) is 1.29. The van der Waals surface area contributed by atoms with Gasteiger partial charge in [0.2, 0.25) is 0 Å². The van der Waals surface area contributed by atoms with Crippen LogP contribution in [0.5, 0.6) is 0 Å². The molecular weight excluding hydrogens is 282 g/mol. The minimum absolute atomic E-state index is 0.0677. The van der Waals surface area contributed by atoms with Crippen molar-refractivity contribution in [2.45, 2.75) is 19.5 Å². The average molecular weight is 297 g/mol. The zero-order valence-electron chi connectivity index (χ0n) is 12.0. The number of nitrogens with zero attached hydrogens (tertiary/aromatic N) is 4. The molecule has 0 radical (unpaired) electrons. The minimum Gasteiger partial charge on any atom is -0.409 e. The van der Waals surface area contributed by atoms with Crippen molar-refractivity contribution in [3.8, 4) is 0 Å². The Morgan fingerprint density at radius 1 is 1.50 bits per heavy atom. The van der Waals surface area contributed by atoms with Crippen molar-refractivity contribution in [3.63, 3.8) is 0 Å². The largest absolute Gasteiger partial charge is 0.409 e. The zero-order chi connectivity index (χ0) is 15.7. The Kier molecular flexibility index (Phi) is 3.46. The number of aromatic nitrogens is 2. The topological polar surface area (TPSA) is 105 Å². The van der Waals surface area contributed by atoms with Crippen LogP contribution in [0.15, 0.2) is 41.9 Å². The van der Waals surface area contributed by atoms with E-state index in [1.54, 1.807) is 23.4 Å². The van der Waals surface area contributed by atoms with E-state index in [9.17, 15) is 4.79 Å². The van der Waals surface area contributed by atoms with Crippen molar-refractivity contribution in [2.75, 3.05) is 0 Å². The van der Waals surface area contributed by atoms with Crippen LogP contribution in [0.4, 0.5) is 0 Å². The Morgan fingerprint density at radius 2 is 2.32 bits per heavy atom. The van der Waals surface area contributed by atoms with Gasteiger partial charge in [-0.3, -0.25) is 14.8 Å². The van der Waals surface area contributed by atoms with E-state index in [-0.39, 0.29) is 17.8 Å². The number of pyridine rings is 2. The molecule has 1 atom stereocenters. The smallest absolute Gasteiger partial charge is 0.256 e. The molecule has 0 fully saturated rings. The van der Waals surface area contributed by atoms with Gasteiger partial charge in [0.05, 0.1) is 23.8 Å². The molecule has 3 rings (SSSR count). The standard InChI is InChI=1S/C15H15N5O2/c1-9(10-3-2-4-17-6-10)20-8-13-12(15(20)21)5-11(7-18-13)14(16)19-22/h2-7,9,22H,8H2,1H3,(H2,16,19). The summed E-state index contributed by atoms with van der Waals surface area (Å²) in [5, 5.41) is 11.7. The van der Waals surface area contributed by atoms with Crippen LogP contribution in [0, 0.1) is 0 Å². The number of fused-ring (bicyclic) bond motifs is 1. The lowest BCUT2D eigenvalue weighted by atomic mass is 10.1. The summed E-state index contributed by atoms with van der Waals surface area (Å²) in [5.74, 6) is -0.187. The number of amidine groups is 1. The first-order valence-electron chi connectivity index (χ1n) is 6.79. The maximum atomic E-state index is 12.6. The number of hydrogen-bond donors (Lipinski definition) is 2. The van der Waals surface area contributed by atoms with E-state index < -0.39 is 0 Å². The number of amides is 1. The minimum atomic E-state index is -0.119. The third kappa shape index (κ3) is 2.26. The molecule has 2 aromatic heterocycles.